The molecule has 1 aromatic rings. The summed E-state index contributed by atoms with van der Waals surface area (Å²) in [5, 5.41) is 9.60. The van der Waals surface area contributed by atoms with Gasteiger partial charge in [0.2, 0.25) is 0 Å². The van der Waals surface area contributed by atoms with Crippen molar-refractivity contribution in [1.29, 1.82) is 0 Å². The van der Waals surface area contributed by atoms with Crippen LogP contribution in [-0.4, -0.2) is 11.1 Å². The molecule has 19 heavy (non-hydrogen) atoms. The van der Waals surface area contributed by atoms with Gasteiger partial charge >= 0.3 is 5.97 Å². The highest BCUT2D eigenvalue weighted by Gasteiger charge is 2.35. The van der Waals surface area contributed by atoms with Crippen molar-refractivity contribution < 1.29 is 9.90 Å². The van der Waals surface area contributed by atoms with Gasteiger partial charge in [0.1, 0.15) is 0 Å². The van der Waals surface area contributed by atoms with Crippen molar-refractivity contribution in [3.63, 3.8) is 0 Å². The maximum absolute atomic E-state index is 11.7. The van der Waals surface area contributed by atoms with Gasteiger partial charge in [0.05, 0.1) is 5.41 Å². The summed E-state index contributed by atoms with van der Waals surface area (Å²) >= 11 is 2.23. The molecule has 0 aliphatic carbocycles. The molecule has 0 spiro atoms. The van der Waals surface area contributed by atoms with Gasteiger partial charge in [-0.2, -0.15) is 0 Å². The molecule has 2 nitrogen and oxygen atoms in total. The molecule has 1 atom stereocenters. The van der Waals surface area contributed by atoms with Crippen molar-refractivity contribution in [2.24, 2.45) is 5.41 Å². The second-order valence-electron chi connectivity index (χ2n) is 6.56. The minimum absolute atomic E-state index is 0.254. The number of aliphatic carboxylic acids is 1. The predicted molar refractivity (Wildman–Crippen MR) is 87.5 cm³/mol. The molecule has 0 aliphatic rings. The maximum Gasteiger partial charge on any atom is 0.313 e. The highest BCUT2D eigenvalue weighted by Crippen LogP contribution is 2.33. The van der Waals surface area contributed by atoms with Crippen molar-refractivity contribution >= 4 is 28.6 Å². The van der Waals surface area contributed by atoms with Crippen LogP contribution < -0.4 is 0 Å². The summed E-state index contributed by atoms with van der Waals surface area (Å²) in [7, 11) is 0. The van der Waals surface area contributed by atoms with Gasteiger partial charge in [0.15, 0.2) is 0 Å². The van der Waals surface area contributed by atoms with Crippen LogP contribution in [0.2, 0.25) is 0 Å². The standard InChI is InChI=1S/C16H23IO2/c1-15(2,3)9-6-10-16(4,14(18)19)12-7-5-8-13(17)11-12/h5,7-8,11H,6,9-10H2,1-4H3,(H,18,19). The molecule has 1 N–H and O–H groups in total. The minimum atomic E-state index is -0.785. The van der Waals surface area contributed by atoms with Gasteiger partial charge < -0.3 is 5.11 Å². The molecule has 3 heteroatoms. The van der Waals surface area contributed by atoms with Crippen molar-refractivity contribution in [2.45, 2.75) is 52.4 Å². The number of carboxylic acids is 1. The summed E-state index contributed by atoms with van der Waals surface area (Å²) in [4.78, 5) is 11.7. The number of hydrogen-bond donors (Lipinski definition) is 1. The van der Waals surface area contributed by atoms with Gasteiger partial charge in [-0.25, -0.2) is 0 Å². The summed E-state index contributed by atoms with van der Waals surface area (Å²) < 4.78 is 1.08. The summed E-state index contributed by atoms with van der Waals surface area (Å²) in [5.74, 6) is -0.733. The van der Waals surface area contributed by atoms with E-state index in [2.05, 4.69) is 43.4 Å². The zero-order valence-electron chi connectivity index (χ0n) is 12.2. The first-order valence-corrected chi connectivity index (χ1v) is 7.72. The Labute approximate surface area is 129 Å². The highest BCUT2D eigenvalue weighted by atomic mass is 127. The van der Waals surface area contributed by atoms with Crippen LogP contribution in [-0.2, 0) is 10.2 Å². The molecule has 1 unspecified atom stereocenters. The third-order valence-corrected chi connectivity index (χ3v) is 4.21. The Hall–Kier alpha value is -0.580. The molecule has 0 saturated carbocycles. The fraction of sp³-hybridized carbons (Fsp3) is 0.562. The SMILES string of the molecule is CC(C)(C)CCCC(C)(C(=O)O)c1cccc(I)c1. The van der Waals surface area contributed by atoms with Gasteiger partial charge in [-0.15, -0.1) is 0 Å². The van der Waals surface area contributed by atoms with Crippen LogP contribution in [0.3, 0.4) is 0 Å². The van der Waals surface area contributed by atoms with Crippen molar-refractivity contribution in [1.82, 2.24) is 0 Å². The van der Waals surface area contributed by atoms with E-state index in [0.29, 0.717) is 6.42 Å². The van der Waals surface area contributed by atoms with Gasteiger partial charge in [0.25, 0.3) is 0 Å². The summed E-state index contributed by atoms with van der Waals surface area (Å²) in [6, 6.07) is 7.82. The lowest BCUT2D eigenvalue weighted by atomic mass is 9.76. The second-order valence-corrected chi connectivity index (χ2v) is 7.81. The Balaban J connectivity index is 2.89. The molecule has 106 valence electrons. The van der Waals surface area contributed by atoms with E-state index in [1.165, 1.54) is 0 Å². The topological polar surface area (TPSA) is 37.3 Å². The van der Waals surface area contributed by atoms with Crippen LogP contribution in [0.4, 0.5) is 0 Å². The maximum atomic E-state index is 11.7. The summed E-state index contributed by atoms with van der Waals surface area (Å²) in [6.07, 6.45) is 2.65. The predicted octanol–water partition coefficient (Wildman–Crippen LogP) is 4.85. The van der Waals surface area contributed by atoms with E-state index in [1.807, 2.05) is 31.2 Å². The van der Waals surface area contributed by atoms with E-state index in [9.17, 15) is 9.90 Å². The van der Waals surface area contributed by atoms with Gasteiger partial charge in [-0.1, -0.05) is 39.3 Å². The molecular weight excluding hydrogens is 351 g/mol. The van der Waals surface area contributed by atoms with Gasteiger partial charge in [-0.05, 0) is 65.5 Å². The monoisotopic (exact) mass is 374 g/mol. The molecule has 1 rings (SSSR count). The first-order valence-electron chi connectivity index (χ1n) is 6.65. The lowest BCUT2D eigenvalue weighted by molar-refractivity contribution is -0.143. The molecule has 0 aromatic heterocycles. The first kappa shape index (κ1) is 16.5. The molecule has 0 fully saturated rings. The minimum Gasteiger partial charge on any atom is -0.481 e. The van der Waals surface area contributed by atoms with E-state index in [4.69, 9.17) is 0 Å². The van der Waals surface area contributed by atoms with Crippen LogP contribution >= 0.6 is 22.6 Å². The van der Waals surface area contributed by atoms with E-state index in [0.717, 1.165) is 22.0 Å². The van der Waals surface area contributed by atoms with Crippen LogP contribution in [0.5, 0.6) is 0 Å². The number of carboxylic acid groups (broad SMARTS) is 1. The average molecular weight is 374 g/mol. The lowest BCUT2D eigenvalue weighted by Gasteiger charge is -2.27. The van der Waals surface area contributed by atoms with E-state index in [1.54, 1.807) is 0 Å². The fourth-order valence-electron chi connectivity index (χ4n) is 2.18. The lowest BCUT2D eigenvalue weighted by Crippen LogP contribution is -2.32. The Morgan fingerprint density at radius 3 is 2.32 bits per heavy atom. The number of benzene rings is 1. The van der Waals surface area contributed by atoms with E-state index < -0.39 is 11.4 Å². The quantitative estimate of drug-likeness (QED) is 0.749. The number of carbonyl (C=O) groups is 1. The summed E-state index contributed by atoms with van der Waals surface area (Å²) in [5.41, 5.74) is 0.373. The second kappa shape index (κ2) is 6.25. The number of halogens is 1. The van der Waals surface area contributed by atoms with Crippen LogP contribution in [0, 0.1) is 8.99 Å². The van der Waals surface area contributed by atoms with Crippen molar-refractivity contribution in [2.75, 3.05) is 0 Å². The van der Waals surface area contributed by atoms with Crippen molar-refractivity contribution in [3.8, 4) is 0 Å². The van der Waals surface area contributed by atoms with Gasteiger partial charge in [0, 0.05) is 3.57 Å². The van der Waals surface area contributed by atoms with E-state index in [-0.39, 0.29) is 5.41 Å². The molecule has 0 bridgehead atoms. The molecule has 0 amide bonds. The Kier molecular flexibility index (Phi) is 5.42. The van der Waals surface area contributed by atoms with Crippen LogP contribution in [0.15, 0.2) is 24.3 Å². The highest BCUT2D eigenvalue weighted by molar-refractivity contribution is 14.1. The molecule has 0 radical (unpaired) electrons. The van der Waals surface area contributed by atoms with Crippen molar-refractivity contribution in [3.05, 3.63) is 33.4 Å². The number of rotatable bonds is 5. The Morgan fingerprint density at radius 1 is 1.21 bits per heavy atom. The number of hydrogen-bond acceptors (Lipinski definition) is 1. The normalized spacial score (nSPS) is 15.0. The molecule has 0 heterocycles. The fourth-order valence-corrected chi connectivity index (χ4v) is 2.72. The molecule has 1 aromatic carbocycles. The Bertz CT molecular complexity index is 448. The third-order valence-electron chi connectivity index (χ3n) is 3.54. The Morgan fingerprint density at radius 2 is 1.84 bits per heavy atom. The molecule has 0 saturated heterocycles. The van der Waals surface area contributed by atoms with Crippen LogP contribution in [0.25, 0.3) is 0 Å². The summed E-state index contributed by atoms with van der Waals surface area (Å²) in [6.45, 7) is 8.41. The largest absolute Gasteiger partial charge is 0.481 e. The first-order chi connectivity index (χ1) is 8.65. The molecular formula is C16H23IO2. The smallest absolute Gasteiger partial charge is 0.313 e. The van der Waals surface area contributed by atoms with Crippen LogP contribution in [0.1, 0.15) is 52.5 Å². The van der Waals surface area contributed by atoms with Gasteiger partial charge in [-0.3, -0.25) is 4.79 Å². The molecule has 0 aliphatic heterocycles. The van der Waals surface area contributed by atoms with E-state index >= 15 is 0 Å². The zero-order valence-corrected chi connectivity index (χ0v) is 14.3. The zero-order chi connectivity index (χ0) is 14.7. The third kappa shape index (κ3) is 4.79. The average Bonchev–Trinajstić information content (AvgIpc) is 2.26.